The van der Waals surface area contributed by atoms with Crippen molar-refractivity contribution in [1.29, 1.82) is 0 Å². The molecule has 5 nitrogen and oxygen atoms in total. The van der Waals surface area contributed by atoms with Gasteiger partial charge in [0, 0.05) is 5.56 Å². The largest absolute Gasteiger partial charge is 0.279 e. The number of hydrogen-bond donors (Lipinski definition) is 1. The van der Waals surface area contributed by atoms with Gasteiger partial charge in [-0.2, -0.15) is 5.10 Å². The van der Waals surface area contributed by atoms with Crippen molar-refractivity contribution in [2.75, 3.05) is 0 Å². The van der Waals surface area contributed by atoms with Crippen molar-refractivity contribution in [2.24, 2.45) is 0 Å². The van der Waals surface area contributed by atoms with Crippen LogP contribution >= 0.6 is 15.9 Å². The zero-order valence-corrected chi connectivity index (χ0v) is 11.4. The molecule has 2 aromatic heterocycles. The number of halogens is 2. The summed E-state index contributed by atoms with van der Waals surface area (Å²) in [5.74, 6) is 0.116. The van der Waals surface area contributed by atoms with Crippen LogP contribution in [-0.2, 0) is 0 Å². The zero-order valence-electron chi connectivity index (χ0n) is 9.82. The summed E-state index contributed by atoms with van der Waals surface area (Å²) in [6.07, 6.45) is 0. The highest BCUT2D eigenvalue weighted by molar-refractivity contribution is 9.10. The Morgan fingerprint density at radius 1 is 1.26 bits per heavy atom. The van der Waals surface area contributed by atoms with E-state index in [1.165, 1.54) is 12.1 Å². The molecule has 2 heterocycles. The quantitative estimate of drug-likeness (QED) is 0.747. The van der Waals surface area contributed by atoms with Crippen LogP contribution in [0.5, 0.6) is 0 Å². The molecule has 0 aliphatic rings. The van der Waals surface area contributed by atoms with Crippen molar-refractivity contribution >= 4 is 21.4 Å². The highest BCUT2D eigenvalue weighted by atomic mass is 79.9. The van der Waals surface area contributed by atoms with E-state index < -0.39 is 0 Å². The number of fused-ring (bicyclic) bond motifs is 1. The van der Waals surface area contributed by atoms with Gasteiger partial charge in [-0.25, -0.2) is 8.91 Å². The lowest BCUT2D eigenvalue weighted by molar-refractivity contribution is 0.628. The Labute approximate surface area is 115 Å². The van der Waals surface area contributed by atoms with E-state index in [0.29, 0.717) is 27.1 Å². The van der Waals surface area contributed by atoms with E-state index in [0.717, 1.165) is 0 Å². The van der Waals surface area contributed by atoms with Crippen molar-refractivity contribution < 1.29 is 4.39 Å². The Balaban J connectivity index is 2.37. The zero-order chi connectivity index (χ0) is 13.6. The number of hydrogen-bond acceptors (Lipinski definition) is 3. The van der Waals surface area contributed by atoms with E-state index in [2.05, 4.69) is 31.2 Å². The summed E-state index contributed by atoms with van der Waals surface area (Å²) in [5.41, 5.74) is 1.65. The summed E-state index contributed by atoms with van der Waals surface area (Å²) < 4.78 is 14.9. The first-order valence-electron chi connectivity index (χ1n) is 5.47. The van der Waals surface area contributed by atoms with E-state index in [-0.39, 0.29) is 11.4 Å². The molecule has 7 heteroatoms. The van der Waals surface area contributed by atoms with Gasteiger partial charge in [0.25, 0.3) is 5.56 Å². The fourth-order valence-electron chi connectivity index (χ4n) is 1.89. The maximum atomic E-state index is 12.9. The van der Waals surface area contributed by atoms with E-state index in [1.54, 1.807) is 23.6 Å². The third-order valence-electron chi connectivity index (χ3n) is 2.80. The number of aromatic nitrogens is 4. The van der Waals surface area contributed by atoms with Crippen LogP contribution in [0.1, 0.15) is 5.69 Å². The molecule has 0 aliphatic heterocycles. The minimum atomic E-state index is -0.331. The molecular formula is C12H8BrFN4O. The highest BCUT2D eigenvalue weighted by Gasteiger charge is 2.14. The summed E-state index contributed by atoms with van der Waals surface area (Å²) in [6, 6.07) is 5.83. The molecule has 0 saturated carbocycles. The number of nitrogens with zero attached hydrogens (tertiary/aromatic N) is 3. The first-order chi connectivity index (χ1) is 9.08. The Morgan fingerprint density at radius 3 is 2.63 bits per heavy atom. The lowest BCUT2D eigenvalue weighted by Gasteiger charge is -2.05. The molecule has 0 unspecified atom stereocenters. The number of H-pyrrole nitrogens is 1. The Morgan fingerprint density at radius 2 is 1.95 bits per heavy atom. The molecule has 0 bridgehead atoms. The van der Waals surface area contributed by atoms with Crippen LogP contribution in [0.25, 0.3) is 16.9 Å². The molecule has 0 atom stereocenters. The van der Waals surface area contributed by atoms with Crippen LogP contribution in [0.2, 0.25) is 0 Å². The summed E-state index contributed by atoms with van der Waals surface area (Å²) in [4.78, 5) is 11.7. The van der Waals surface area contributed by atoms with Crippen LogP contribution in [0, 0.1) is 12.7 Å². The summed E-state index contributed by atoms with van der Waals surface area (Å²) in [7, 11) is 0. The van der Waals surface area contributed by atoms with E-state index >= 15 is 0 Å². The van der Waals surface area contributed by atoms with Crippen molar-refractivity contribution in [3.05, 3.63) is 50.6 Å². The predicted molar refractivity (Wildman–Crippen MR) is 71.4 cm³/mol. The third-order valence-corrected chi connectivity index (χ3v) is 3.53. The lowest BCUT2D eigenvalue weighted by atomic mass is 10.2. The van der Waals surface area contributed by atoms with Gasteiger partial charge >= 0.3 is 0 Å². The molecule has 0 fully saturated rings. The highest BCUT2D eigenvalue weighted by Crippen LogP contribution is 2.22. The number of aromatic amines is 1. The monoisotopic (exact) mass is 322 g/mol. The molecule has 0 aliphatic carbocycles. The van der Waals surface area contributed by atoms with Crippen LogP contribution in [0.15, 0.2) is 33.5 Å². The maximum Gasteiger partial charge on any atom is 0.279 e. The van der Waals surface area contributed by atoms with E-state index in [1.807, 2.05) is 0 Å². The predicted octanol–water partition coefficient (Wildman–Crippen LogP) is 2.29. The molecular weight excluding hydrogens is 315 g/mol. The van der Waals surface area contributed by atoms with E-state index in [9.17, 15) is 9.18 Å². The van der Waals surface area contributed by atoms with Gasteiger partial charge in [-0.05, 0) is 47.1 Å². The van der Waals surface area contributed by atoms with Gasteiger partial charge in [0.15, 0.2) is 5.82 Å². The second kappa shape index (κ2) is 4.27. The molecule has 0 amide bonds. The summed E-state index contributed by atoms with van der Waals surface area (Å²) in [5, 5.41) is 10.8. The first kappa shape index (κ1) is 12.0. The van der Waals surface area contributed by atoms with Gasteiger partial charge in [0.05, 0.1) is 5.69 Å². The molecule has 3 rings (SSSR count). The molecule has 96 valence electrons. The number of nitrogens with one attached hydrogen (secondary N) is 1. The van der Waals surface area contributed by atoms with Gasteiger partial charge in [-0.1, -0.05) is 0 Å². The minimum absolute atomic E-state index is 0.263. The topological polar surface area (TPSA) is 63.1 Å². The third kappa shape index (κ3) is 1.86. The molecule has 0 spiro atoms. The first-order valence-corrected chi connectivity index (χ1v) is 6.26. The SMILES string of the molecule is Cc1nnc(-c2ccc(F)cc2)n2[nH]c(=O)c(Br)c12. The van der Waals surface area contributed by atoms with Crippen LogP contribution < -0.4 is 5.56 Å². The van der Waals surface area contributed by atoms with Gasteiger partial charge < -0.3 is 0 Å². The molecule has 19 heavy (non-hydrogen) atoms. The second-order valence-corrected chi connectivity index (χ2v) is 4.85. The van der Waals surface area contributed by atoms with Crippen molar-refractivity contribution in [1.82, 2.24) is 19.8 Å². The average molecular weight is 323 g/mol. The number of aryl methyl sites for hydroxylation is 1. The lowest BCUT2D eigenvalue weighted by Crippen LogP contribution is -2.05. The summed E-state index contributed by atoms with van der Waals surface area (Å²) in [6.45, 7) is 1.76. The Bertz CT molecular complexity index is 822. The van der Waals surface area contributed by atoms with Crippen LogP contribution in [0.3, 0.4) is 0 Å². The van der Waals surface area contributed by atoms with Crippen molar-refractivity contribution in [3.8, 4) is 11.4 Å². The Kier molecular flexibility index (Phi) is 2.70. The smallest absolute Gasteiger partial charge is 0.267 e. The standard InChI is InChI=1S/C12H8BrFN4O/c1-6-10-9(13)12(19)17-18(10)11(16-15-6)7-2-4-8(14)5-3-7/h2-5H,1H3,(H,17,19). The minimum Gasteiger partial charge on any atom is -0.267 e. The number of benzene rings is 1. The van der Waals surface area contributed by atoms with Crippen molar-refractivity contribution in [2.45, 2.75) is 6.92 Å². The fraction of sp³-hybridized carbons (Fsp3) is 0.0833. The van der Waals surface area contributed by atoms with Gasteiger partial charge in [0.2, 0.25) is 0 Å². The van der Waals surface area contributed by atoms with Crippen LogP contribution in [0.4, 0.5) is 4.39 Å². The molecule has 1 N–H and O–H groups in total. The summed E-state index contributed by atoms with van der Waals surface area (Å²) >= 11 is 3.23. The molecule has 0 saturated heterocycles. The molecule has 3 aromatic rings. The van der Waals surface area contributed by atoms with Crippen molar-refractivity contribution in [3.63, 3.8) is 0 Å². The normalized spacial score (nSPS) is 11.1. The molecule has 0 radical (unpaired) electrons. The Hall–Kier alpha value is -2.02. The fourth-order valence-corrected chi connectivity index (χ4v) is 2.44. The molecule has 1 aromatic carbocycles. The second-order valence-electron chi connectivity index (χ2n) is 4.05. The number of rotatable bonds is 1. The van der Waals surface area contributed by atoms with Gasteiger partial charge in [-0.3, -0.25) is 9.89 Å². The van der Waals surface area contributed by atoms with Gasteiger partial charge in [0.1, 0.15) is 15.8 Å². The maximum absolute atomic E-state index is 12.9. The van der Waals surface area contributed by atoms with Crippen LogP contribution in [-0.4, -0.2) is 19.8 Å². The van der Waals surface area contributed by atoms with Gasteiger partial charge in [-0.15, -0.1) is 5.10 Å². The average Bonchev–Trinajstić information content (AvgIpc) is 2.69. The van der Waals surface area contributed by atoms with E-state index in [4.69, 9.17) is 0 Å².